The summed E-state index contributed by atoms with van der Waals surface area (Å²) in [5.74, 6) is -0.129. The summed E-state index contributed by atoms with van der Waals surface area (Å²) in [6.45, 7) is 0. The Kier molecular flexibility index (Phi) is 5.01. The topological polar surface area (TPSA) is 61.8 Å². The van der Waals surface area contributed by atoms with E-state index in [0.717, 1.165) is 16.7 Å². The molecule has 1 aromatic heterocycles. The van der Waals surface area contributed by atoms with Gasteiger partial charge in [-0.3, -0.25) is 0 Å². The summed E-state index contributed by atoms with van der Waals surface area (Å²) in [6, 6.07) is 36.2. The van der Waals surface area contributed by atoms with E-state index in [4.69, 9.17) is 0 Å². The molecule has 0 aliphatic rings. The molecule has 5 heteroatoms. The molecule has 0 atom stereocenters. The maximum atomic E-state index is 10.9. The van der Waals surface area contributed by atoms with Gasteiger partial charge in [0.1, 0.15) is 11.6 Å². The van der Waals surface area contributed by atoms with Crippen molar-refractivity contribution in [3.8, 4) is 11.9 Å². The van der Waals surface area contributed by atoms with Crippen molar-refractivity contribution in [1.82, 2.24) is 9.78 Å². The molecule has 32 heavy (non-hydrogen) atoms. The standard InChI is InChI=1S/C27H18BrN3O/c28-25-19(18-29)16-17-23-24(25)26(32)30-31(23)27(20-10-4-1-5-11-20,21-12-6-2-7-13-21)22-14-8-3-9-15-22/h1-17H,(H,30,32). The van der Waals surface area contributed by atoms with Gasteiger partial charge < -0.3 is 5.11 Å². The van der Waals surface area contributed by atoms with Crippen LogP contribution in [-0.4, -0.2) is 14.9 Å². The van der Waals surface area contributed by atoms with Gasteiger partial charge in [0.05, 0.1) is 20.9 Å². The van der Waals surface area contributed by atoms with Crippen molar-refractivity contribution in [3.63, 3.8) is 0 Å². The Morgan fingerprint density at radius 1 is 0.750 bits per heavy atom. The van der Waals surface area contributed by atoms with E-state index in [9.17, 15) is 10.4 Å². The monoisotopic (exact) mass is 479 g/mol. The van der Waals surface area contributed by atoms with E-state index in [-0.39, 0.29) is 5.88 Å². The second-order valence-electron chi connectivity index (χ2n) is 7.48. The van der Waals surface area contributed by atoms with Gasteiger partial charge in [-0.1, -0.05) is 91.0 Å². The van der Waals surface area contributed by atoms with Gasteiger partial charge in [0.2, 0.25) is 5.88 Å². The van der Waals surface area contributed by atoms with E-state index >= 15 is 0 Å². The highest BCUT2D eigenvalue weighted by Crippen LogP contribution is 2.45. The molecule has 0 amide bonds. The Balaban J connectivity index is 1.99. The zero-order chi connectivity index (χ0) is 22.1. The lowest BCUT2D eigenvalue weighted by Crippen LogP contribution is -2.38. The lowest BCUT2D eigenvalue weighted by Gasteiger charge is -2.36. The molecule has 4 aromatic carbocycles. The van der Waals surface area contributed by atoms with E-state index in [1.807, 2.05) is 65.3 Å². The number of nitriles is 1. The van der Waals surface area contributed by atoms with Gasteiger partial charge in [-0.25, -0.2) is 4.68 Å². The second kappa shape index (κ2) is 7.99. The number of halogens is 1. The maximum Gasteiger partial charge on any atom is 0.239 e. The molecule has 0 saturated carbocycles. The Morgan fingerprint density at radius 2 is 1.22 bits per heavy atom. The van der Waals surface area contributed by atoms with Crippen molar-refractivity contribution < 1.29 is 5.11 Å². The molecule has 1 heterocycles. The number of nitrogens with zero attached hydrogens (tertiary/aromatic N) is 3. The zero-order valence-corrected chi connectivity index (χ0v) is 18.6. The molecule has 0 spiro atoms. The van der Waals surface area contributed by atoms with E-state index in [1.165, 1.54) is 0 Å². The Bertz CT molecular complexity index is 1340. The summed E-state index contributed by atoms with van der Waals surface area (Å²) < 4.78 is 2.40. The van der Waals surface area contributed by atoms with Crippen LogP contribution in [0.15, 0.2) is 108 Å². The third-order valence-electron chi connectivity index (χ3n) is 5.78. The van der Waals surface area contributed by atoms with Crippen molar-refractivity contribution in [2.45, 2.75) is 5.54 Å². The fourth-order valence-electron chi connectivity index (χ4n) is 4.40. The van der Waals surface area contributed by atoms with Gasteiger partial charge in [0, 0.05) is 0 Å². The van der Waals surface area contributed by atoms with E-state index in [0.29, 0.717) is 20.9 Å². The van der Waals surface area contributed by atoms with Crippen LogP contribution < -0.4 is 0 Å². The Hall–Kier alpha value is -3.88. The molecule has 5 aromatic rings. The van der Waals surface area contributed by atoms with Crippen LogP contribution in [0.2, 0.25) is 0 Å². The number of aromatic nitrogens is 2. The van der Waals surface area contributed by atoms with E-state index in [2.05, 4.69) is 63.5 Å². The number of hydrogen-bond acceptors (Lipinski definition) is 3. The molecule has 1 N–H and O–H groups in total. The van der Waals surface area contributed by atoms with Crippen LogP contribution in [0.1, 0.15) is 22.3 Å². The first-order valence-electron chi connectivity index (χ1n) is 10.1. The average Bonchev–Trinajstić information content (AvgIpc) is 3.19. The van der Waals surface area contributed by atoms with E-state index < -0.39 is 5.54 Å². The lowest BCUT2D eigenvalue weighted by molar-refractivity contribution is 0.412. The van der Waals surface area contributed by atoms with Crippen LogP contribution >= 0.6 is 15.9 Å². The van der Waals surface area contributed by atoms with Crippen LogP contribution in [0, 0.1) is 11.3 Å². The normalized spacial score (nSPS) is 11.4. The van der Waals surface area contributed by atoms with Crippen molar-refractivity contribution in [3.05, 3.63) is 130 Å². The lowest BCUT2D eigenvalue weighted by atomic mass is 9.77. The van der Waals surface area contributed by atoms with E-state index in [1.54, 1.807) is 6.07 Å². The van der Waals surface area contributed by atoms with Crippen molar-refractivity contribution >= 4 is 26.8 Å². The van der Waals surface area contributed by atoms with Crippen LogP contribution in [0.5, 0.6) is 5.88 Å². The first-order chi connectivity index (χ1) is 15.7. The molecular weight excluding hydrogens is 462 g/mol. The van der Waals surface area contributed by atoms with Gasteiger partial charge in [-0.2, -0.15) is 5.26 Å². The summed E-state index contributed by atoms with van der Waals surface area (Å²) >= 11 is 3.51. The van der Waals surface area contributed by atoms with Gasteiger partial charge in [0.25, 0.3) is 0 Å². The molecule has 0 aliphatic heterocycles. The average molecular weight is 480 g/mol. The number of rotatable bonds is 4. The molecular formula is C27H18BrN3O. The molecule has 0 bridgehead atoms. The predicted molar refractivity (Wildman–Crippen MR) is 128 cm³/mol. The SMILES string of the molecule is N#Cc1ccc2c(c(O)nn2C(c2ccccc2)(c2ccccc2)c2ccccc2)c1Br. The van der Waals surface area contributed by atoms with Gasteiger partial charge in [-0.15, -0.1) is 5.10 Å². The van der Waals surface area contributed by atoms with Gasteiger partial charge >= 0.3 is 0 Å². The summed E-state index contributed by atoms with van der Waals surface area (Å²) in [5.41, 5.74) is 3.31. The largest absolute Gasteiger partial charge is 0.492 e. The van der Waals surface area contributed by atoms with Crippen LogP contribution in [0.4, 0.5) is 0 Å². The predicted octanol–water partition coefficient (Wildman–Crippen LogP) is 6.22. The molecule has 0 fully saturated rings. The minimum absolute atomic E-state index is 0.129. The third-order valence-corrected chi connectivity index (χ3v) is 6.60. The van der Waals surface area contributed by atoms with Crippen molar-refractivity contribution in [1.29, 1.82) is 5.26 Å². The summed E-state index contributed by atoms with van der Waals surface area (Å²) in [4.78, 5) is 0. The summed E-state index contributed by atoms with van der Waals surface area (Å²) in [5, 5.41) is 25.6. The zero-order valence-electron chi connectivity index (χ0n) is 17.0. The first kappa shape index (κ1) is 20.0. The number of fused-ring (bicyclic) bond motifs is 1. The molecule has 0 saturated heterocycles. The molecule has 0 unspecified atom stereocenters. The Labute approximate surface area is 194 Å². The van der Waals surface area contributed by atoms with Crippen LogP contribution in [0.3, 0.4) is 0 Å². The highest BCUT2D eigenvalue weighted by molar-refractivity contribution is 9.10. The van der Waals surface area contributed by atoms with Gasteiger partial charge in [0.15, 0.2) is 0 Å². The number of hydrogen-bond donors (Lipinski definition) is 1. The first-order valence-corrected chi connectivity index (χ1v) is 10.9. The quantitative estimate of drug-likeness (QED) is 0.311. The molecule has 0 aliphatic carbocycles. The smallest absolute Gasteiger partial charge is 0.239 e. The maximum absolute atomic E-state index is 10.9. The molecule has 4 nitrogen and oxygen atoms in total. The minimum atomic E-state index is -0.851. The number of benzene rings is 4. The van der Waals surface area contributed by atoms with Gasteiger partial charge in [-0.05, 0) is 44.8 Å². The highest BCUT2D eigenvalue weighted by Gasteiger charge is 2.41. The third kappa shape index (κ3) is 2.92. The van der Waals surface area contributed by atoms with Crippen molar-refractivity contribution in [2.24, 2.45) is 0 Å². The van der Waals surface area contributed by atoms with Crippen LogP contribution in [0.25, 0.3) is 10.9 Å². The number of aromatic hydroxyl groups is 1. The summed E-state index contributed by atoms with van der Waals surface area (Å²) in [6.07, 6.45) is 0. The summed E-state index contributed by atoms with van der Waals surface area (Å²) in [7, 11) is 0. The second-order valence-corrected chi connectivity index (χ2v) is 8.27. The Morgan fingerprint density at radius 3 is 1.66 bits per heavy atom. The van der Waals surface area contributed by atoms with Crippen LogP contribution in [-0.2, 0) is 5.54 Å². The fourth-order valence-corrected chi connectivity index (χ4v) is 5.00. The molecule has 0 radical (unpaired) electrons. The fraction of sp³-hybridized carbons (Fsp3) is 0.0370. The van der Waals surface area contributed by atoms with Crippen molar-refractivity contribution in [2.75, 3.05) is 0 Å². The molecule has 154 valence electrons. The molecule has 5 rings (SSSR count). The highest BCUT2D eigenvalue weighted by atomic mass is 79.9. The minimum Gasteiger partial charge on any atom is -0.492 e.